The van der Waals surface area contributed by atoms with Crippen molar-refractivity contribution in [3.63, 3.8) is 0 Å². The van der Waals surface area contributed by atoms with Crippen LogP contribution < -0.4 is 0 Å². The summed E-state index contributed by atoms with van der Waals surface area (Å²) in [6, 6.07) is 8.14. The minimum absolute atomic E-state index is 0.230. The van der Waals surface area contributed by atoms with Crippen molar-refractivity contribution in [3.05, 3.63) is 39.3 Å². The van der Waals surface area contributed by atoms with Gasteiger partial charge in [-0.1, -0.05) is 28.1 Å². The van der Waals surface area contributed by atoms with Gasteiger partial charge in [0.2, 0.25) is 0 Å². The molecule has 1 aromatic carbocycles. The van der Waals surface area contributed by atoms with Gasteiger partial charge in [0.05, 0.1) is 5.69 Å². The average Bonchev–Trinajstić information content (AvgIpc) is 2.69. The number of rotatable bonds is 4. The van der Waals surface area contributed by atoms with Gasteiger partial charge in [0, 0.05) is 21.3 Å². The number of aryl methyl sites for hydroxylation is 2. The van der Waals surface area contributed by atoms with Gasteiger partial charge in [-0.15, -0.1) is 11.3 Å². The zero-order valence-electron chi connectivity index (χ0n) is 10.4. The fourth-order valence-electron chi connectivity index (χ4n) is 1.67. The Hall–Kier alpha value is -1.00. The molecular weight excluding hydrogens is 310 g/mol. The molecule has 0 saturated heterocycles. The van der Waals surface area contributed by atoms with Crippen molar-refractivity contribution >= 4 is 33.0 Å². The number of Topliss-reactive ketones (excluding diaryl/α,β-unsaturated/α-hetero) is 1. The van der Waals surface area contributed by atoms with Crippen LogP contribution in [0.3, 0.4) is 0 Å². The lowest BCUT2D eigenvalue weighted by atomic mass is 10.2. The third-order valence-corrected chi connectivity index (χ3v) is 4.48. The highest BCUT2D eigenvalue weighted by Crippen LogP contribution is 2.29. The van der Waals surface area contributed by atoms with Gasteiger partial charge in [0.25, 0.3) is 0 Å². The lowest BCUT2D eigenvalue weighted by Crippen LogP contribution is -1.93. The number of hydrogen-bond donors (Lipinski definition) is 0. The molecule has 0 spiro atoms. The van der Waals surface area contributed by atoms with Crippen LogP contribution in [0.5, 0.6) is 0 Å². The van der Waals surface area contributed by atoms with Gasteiger partial charge >= 0.3 is 0 Å². The molecule has 0 unspecified atom stereocenters. The normalized spacial score (nSPS) is 10.6. The van der Waals surface area contributed by atoms with Crippen molar-refractivity contribution in [2.24, 2.45) is 0 Å². The van der Waals surface area contributed by atoms with E-state index in [1.54, 1.807) is 18.3 Å². The van der Waals surface area contributed by atoms with Crippen molar-refractivity contribution in [3.8, 4) is 10.6 Å². The van der Waals surface area contributed by atoms with Gasteiger partial charge in [-0.25, -0.2) is 4.98 Å². The van der Waals surface area contributed by atoms with Crippen molar-refractivity contribution in [1.29, 1.82) is 0 Å². The highest BCUT2D eigenvalue weighted by atomic mass is 79.9. The molecule has 0 saturated carbocycles. The van der Waals surface area contributed by atoms with E-state index in [9.17, 15) is 4.79 Å². The maximum absolute atomic E-state index is 11.0. The summed E-state index contributed by atoms with van der Waals surface area (Å²) in [5.41, 5.74) is 2.17. The maximum Gasteiger partial charge on any atom is 0.130 e. The molecule has 0 N–H and O–H groups in total. The number of carbonyl (C=O) groups is 1. The molecular formula is C14H14BrNOS. The summed E-state index contributed by atoms with van der Waals surface area (Å²) in [4.78, 5) is 16.8. The van der Waals surface area contributed by atoms with Crippen molar-refractivity contribution < 1.29 is 4.79 Å². The minimum Gasteiger partial charge on any atom is -0.300 e. The average molecular weight is 324 g/mol. The van der Waals surface area contributed by atoms with Gasteiger partial charge < -0.3 is 4.79 Å². The number of thiazole rings is 1. The number of hydrogen-bond acceptors (Lipinski definition) is 3. The molecule has 2 aromatic rings. The SMILES string of the molecule is CC(=O)CCc1sc(-c2ccc(Br)cc2)nc1C. The van der Waals surface area contributed by atoms with Crippen LogP contribution in [0, 0.1) is 6.92 Å². The lowest BCUT2D eigenvalue weighted by molar-refractivity contribution is -0.116. The third kappa shape index (κ3) is 3.27. The van der Waals surface area contributed by atoms with E-state index in [4.69, 9.17) is 0 Å². The van der Waals surface area contributed by atoms with Gasteiger partial charge in [0.15, 0.2) is 0 Å². The first-order valence-corrected chi connectivity index (χ1v) is 7.39. The molecule has 2 nitrogen and oxygen atoms in total. The predicted octanol–water partition coefficient (Wildman–Crippen LogP) is 4.40. The van der Waals surface area contributed by atoms with Gasteiger partial charge in [-0.2, -0.15) is 0 Å². The molecule has 0 aliphatic carbocycles. The monoisotopic (exact) mass is 323 g/mol. The number of aromatic nitrogens is 1. The lowest BCUT2D eigenvalue weighted by Gasteiger charge is -1.95. The van der Waals surface area contributed by atoms with Gasteiger partial charge in [-0.3, -0.25) is 0 Å². The second kappa shape index (κ2) is 5.76. The molecule has 0 amide bonds. The molecule has 0 aliphatic heterocycles. The van der Waals surface area contributed by atoms with Gasteiger partial charge in [0.1, 0.15) is 10.8 Å². The number of halogens is 1. The summed E-state index contributed by atoms with van der Waals surface area (Å²) < 4.78 is 1.07. The van der Waals surface area contributed by atoms with Crippen LogP contribution in [-0.2, 0) is 11.2 Å². The van der Waals surface area contributed by atoms with E-state index in [0.717, 1.165) is 27.2 Å². The zero-order chi connectivity index (χ0) is 13.1. The Morgan fingerprint density at radius 3 is 2.61 bits per heavy atom. The number of ketones is 1. The fraction of sp³-hybridized carbons (Fsp3) is 0.286. The van der Waals surface area contributed by atoms with E-state index in [1.807, 2.05) is 19.1 Å². The Balaban J connectivity index is 2.22. The smallest absolute Gasteiger partial charge is 0.130 e. The quantitative estimate of drug-likeness (QED) is 0.834. The standard InChI is InChI=1S/C14H14BrNOS/c1-9(17)3-8-13-10(2)16-14(18-13)11-4-6-12(15)7-5-11/h4-7H,3,8H2,1-2H3. The van der Waals surface area contributed by atoms with E-state index in [-0.39, 0.29) is 5.78 Å². The molecule has 1 heterocycles. The van der Waals surface area contributed by atoms with Crippen molar-refractivity contribution in [1.82, 2.24) is 4.98 Å². The predicted molar refractivity (Wildman–Crippen MR) is 79.0 cm³/mol. The van der Waals surface area contributed by atoms with Gasteiger partial charge in [-0.05, 0) is 32.4 Å². The molecule has 2 rings (SSSR count). The first-order chi connectivity index (χ1) is 8.56. The van der Waals surface area contributed by atoms with E-state index in [0.29, 0.717) is 6.42 Å². The highest BCUT2D eigenvalue weighted by Gasteiger charge is 2.09. The van der Waals surface area contributed by atoms with Crippen LogP contribution in [0.25, 0.3) is 10.6 Å². The van der Waals surface area contributed by atoms with Crippen LogP contribution in [0.2, 0.25) is 0 Å². The summed E-state index contributed by atoms with van der Waals surface area (Å²) in [7, 11) is 0. The fourth-order valence-corrected chi connectivity index (χ4v) is 3.00. The Bertz CT molecular complexity index is 560. The van der Waals surface area contributed by atoms with Crippen molar-refractivity contribution in [2.75, 3.05) is 0 Å². The first-order valence-electron chi connectivity index (χ1n) is 5.78. The Kier molecular flexibility index (Phi) is 4.30. The topological polar surface area (TPSA) is 30.0 Å². The van der Waals surface area contributed by atoms with Crippen LogP contribution in [0.4, 0.5) is 0 Å². The number of nitrogens with zero attached hydrogens (tertiary/aromatic N) is 1. The first kappa shape index (κ1) is 13.4. The highest BCUT2D eigenvalue weighted by molar-refractivity contribution is 9.10. The van der Waals surface area contributed by atoms with E-state index in [2.05, 4.69) is 33.0 Å². The number of carbonyl (C=O) groups excluding carboxylic acids is 1. The van der Waals surface area contributed by atoms with Crippen LogP contribution >= 0.6 is 27.3 Å². The third-order valence-electron chi connectivity index (χ3n) is 2.69. The summed E-state index contributed by atoms with van der Waals surface area (Å²) in [5, 5.41) is 1.03. The Morgan fingerprint density at radius 2 is 2.00 bits per heavy atom. The molecule has 18 heavy (non-hydrogen) atoms. The summed E-state index contributed by atoms with van der Waals surface area (Å²) in [6.07, 6.45) is 1.40. The molecule has 0 bridgehead atoms. The Labute approximate surface area is 119 Å². The van der Waals surface area contributed by atoms with E-state index < -0.39 is 0 Å². The molecule has 1 aromatic heterocycles. The molecule has 0 aliphatic rings. The largest absolute Gasteiger partial charge is 0.300 e. The second-order valence-electron chi connectivity index (χ2n) is 4.24. The van der Waals surface area contributed by atoms with Crippen LogP contribution in [-0.4, -0.2) is 10.8 Å². The number of benzene rings is 1. The van der Waals surface area contributed by atoms with E-state index in [1.165, 1.54) is 4.88 Å². The van der Waals surface area contributed by atoms with E-state index >= 15 is 0 Å². The minimum atomic E-state index is 0.230. The maximum atomic E-state index is 11.0. The zero-order valence-corrected chi connectivity index (χ0v) is 12.8. The second-order valence-corrected chi connectivity index (χ2v) is 6.24. The summed E-state index contributed by atoms with van der Waals surface area (Å²) in [6.45, 7) is 3.64. The van der Waals surface area contributed by atoms with Crippen molar-refractivity contribution in [2.45, 2.75) is 26.7 Å². The molecule has 94 valence electrons. The molecule has 0 atom stereocenters. The Morgan fingerprint density at radius 1 is 1.33 bits per heavy atom. The van der Waals surface area contributed by atoms with Crippen LogP contribution in [0.15, 0.2) is 28.7 Å². The molecule has 0 fully saturated rings. The molecule has 4 heteroatoms. The van der Waals surface area contributed by atoms with Crippen LogP contribution in [0.1, 0.15) is 23.9 Å². The molecule has 0 radical (unpaired) electrons. The summed E-state index contributed by atoms with van der Waals surface area (Å²) >= 11 is 5.11. The summed E-state index contributed by atoms with van der Waals surface area (Å²) in [5.74, 6) is 0.230.